The molecule has 0 bridgehead atoms. The number of carboxylic acid groups (broad SMARTS) is 1. The standard InChI is InChI=1S/C13H15ClO3/c1-8-10(14)5-9(6-11(8)17-2)13(3-4-13)7-12(15)16/h5-6H,3-4,7H2,1-2H3,(H,15,16). The third-order valence-electron chi connectivity index (χ3n) is 3.47. The van der Waals surface area contributed by atoms with Crippen LogP contribution in [-0.4, -0.2) is 18.2 Å². The van der Waals surface area contributed by atoms with Crippen LogP contribution >= 0.6 is 11.6 Å². The zero-order chi connectivity index (χ0) is 12.6. The maximum absolute atomic E-state index is 10.9. The largest absolute Gasteiger partial charge is 0.496 e. The van der Waals surface area contributed by atoms with Crippen LogP contribution in [-0.2, 0) is 10.2 Å². The fraction of sp³-hybridized carbons (Fsp3) is 0.462. The fourth-order valence-electron chi connectivity index (χ4n) is 2.18. The zero-order valence-electron chi connectivity index (χ0n) is 9.92. The van der Waals surface area contributed by atoms with Crippen molar-refractivity contribution in [2.24, 2.45) is 0 Å². The van der Waals surface area contributed by atoms with Gasteiger partial charge in [-0.05, 0) is 37.5 Å². The Hall–Kier alpha value is -1.22. The average molecular weight is 255 g/mol. The van der Waals surface area contributed by atoms with Gasteiger partial charge in [-0.25, -0.2) is 0 Å². The first kappa shape index (κ1) is 12.2. The van der Waals surface area contributed by atoms with Crippen molar-refractivity contribution in [3.05, 3.63) is 28.3 Å². The topological polar surface area (TPSA) is 46.5 Å². The van der Waals surface area contributed by atoms with Crippen molar-refractivity contribution in [2.45, 2.75) is 31.6 Å². The number of hydrogen-bond donors (Lipinski definition) is 1. The first-order valence-corrected chi connectivity index (χ1v) is 5.93. The molecule has 1 aliphatic rings. The fourth-order valence-corrected chi connectivity index (χ4v) is 2.39. The average Bonchev–Trinajstić information content (AvgIpc) is 3.01. The molecule has 1 saturated carbocycles. The van der Waals surface area contributed by atoms with Crippen LogP contribution in [0.25, 0.3) is 0 Å². The summed E-state index contributed by atoms with van der Waals surface area (Å²) in [4.78, 5) is 10.9. The summed E-state index contributed by atoms with van der Waals surface area (Å²) in [7, 11) is 1.60. The van der Waals surface area contributed by atoms with E-state index in [0.29, 0.717) is 5.02 Å². The Kier molecular flexibility index (Phi) is 3.04. The summed E-state index contributed by atoms with van der Waals surface area (Å²) in [5.74, 6) is -0.0395. The molecule has 0 aromatic heterocycles. The van der Waals surface area contributed by atoms with Gasteiger partial charge in [0.2, 0.25) is 0 Å². The van der Waals surface area contributed by atoms with E-state index in [4.69, 9.17) is 21.4 Å². The van der Waals surface area contributed by atoms with E-state index in [1.54, 1.807) is 7.11 Å². The SMILES string of the molecule is COc1cc(C2(CC(=O)O)CC2)cc(Cl)c1C. The second-order valence-electron chi connectivity index (χ2n) is 4.64. The highest BCUT2D eigenvalue weighted by molar-refractivity contribution is 6.31. The molecular formula is C13H15ClO3. The van der Waals surface area contributed by atoms with Gasteiger partial charge >= 0.3 is 5.97 Å². The van der Waals surface area contributed by atoms with Gasteiger partial charge in [0, 0.05) is 16.0 Å². The zero-order valence-corrected chi connectivity index (χ0v) is 10.7. The maximum atomic E-state index is 10.9. The summed E-state index contributed by atoms with van der Waals surface area (Å²) in [6.45, 7) is 1.89. The molecule has 0 heterocycles. The summed E-state index contributed by atoms with van der Waals surface area (Å²) >= 11 is 6.14. The lowest BCUT2D eigenvalue weighted by Crippen LogP contribution is -2.13. The number of methoxy groups -OCH3 is 1. The van der Waals surface area contributed by atoms with Crippen LogP contribution < -0.4 is 4.74 Å². The van der Waals surface area contributed by atoms with E-state index in [1.165, 1.54) is 0 Å². The Labute approximate surface area is 105 Å². The Bertz CT molecular complexity index is 464. The molecule has 92 valence electrons. The molecule has 1 aromatic carbocycles. The lowest BCUT2D eigenvalue weighted by molar-refractivity contribution is -0.137. The number of benzene rings is 1. The van der Waals surface area contributed by atoms with Crippen LogP contribution in [0.3, 0.4) is 0 Å². The molecule has 0 unspecified atom stereocenters. The summed E-state index contributed by atoms with van der Waals surface area (Å²) in [6, 6.07) is 3.78. The highest BCUT2D eigenvalue weighted by atomic mass is 35.5. The third-order valence-corrected chi connectivity index (χ3v) is 3.86. The van der Waals surface area contributed by atoms with E-state index in [0.717, 1.165) is 29.7 Å². The number of halogens is 1. The van der Waals surface area contributed by atoms with E-state index in [2.05, 4.69) is 0 Å². The summed E-state index contributed by atoms with van der Waals surface area (Å²) in [6.07, 6.45) is 1.97. The van der Waals surface area contributed by atoms with Gasteiger partial charge in [-0.15, -0.1) is 0 Å². The summed E-state index contributed by atoms with van der Waals surface area (Å²) < 4.78 is 5.26. The van der Waals surface area contributed by atoms with Crippen LogP contribution in [0.4, 0.5) is 0 Å². The van der Waals surface area contributed by atoms with E-state index < -0.39 is 5.97 Å². The Morgan fingerprint density at radius 1 is 1.53 bits per heavy atom. The predicted octanol–water partition coefficient (Wildman–Crippen LogP) is 3.16. The van der Waals surface area contributed by atoms with Crippen LogP contribution in [0.5, 0.6) is 5.75 Å². The number of ether oxygens (including phenoxy) is 1. The smallest absolute Gasteiger partial charge is 0.304 e. The van der Waals surface area contributed by atoms with Crippen LogP contribution in [0.1, 0.15) is 30.4 Å². The molecule has 2 rings (SSSR count). The minimum Gasteiger partial charge on any atom is -0.496 e. The molecule has 0 saturated heterocycles. The molecule has 4 heteroatoms. The van der Waals surface area contributed by atoms with Gasteiger partial charge in [-0.2, -0.15) is 0 Å². The number of carbonyl (C=O) groups is 1. The van der Waals surface area contributed by atoms with Crippen molar-refractivity contribution in [2.75, 3.05) is 7.11 Å². The van der Waals surface area contributed by atoms with Crippen molar-refractivity contribution in [1.82, 2.24) is 0 Å². The Morgan fingerprint density at radius 3 is 2.65 bits per heavy atom. The number of aliphatic carboxylic acids is 1. The molecule has 17 heavy (non-hydrogen) atoms. The van der Waals surface area contributed by atoms with Gasteiger partial charge in [0.25, 0.3) is 0 Å². The molecule has 1 fully saturated rings. The van der Waals surface area contributed by atoms with E-state index in [1.807, 2.05) is 19.1 Å². The lowest BCUT2D eigenvalue weighted by Gasteiger charge is -2.16. The van der Waals surface area contributed by atoms with Crippen molar-refractivity contribution in [3.63, 3.8) is 0 Å². The quantitative estimate of drug-likeness (QED) is 0.898. The molecule has 0 atom stereocenters. The molecule has 0 radical (unpaired) electrons. The van der Waals surface area contributed by atoms with Gasteiger partial charge in [-0.3, -0.25) is 4.79 Å². The van der Waals surface area contributed by atoms with E-state index in [-0.39, 0.29) is 11.8 Å². The molecular weight excluding hydrogens is 240 g/mol. The number of hydrogen-bond acceptors (Lipinski definition) is 2. The minimum atomic E-state index is -0.766. The van der Waals surface area contributed by atoms with Crippen molar-refractivity contribution in [1.29, 1.82) is 0 Å². The molecule has 3 nitrogen and oxygen atoms in total. The van der Waals surface area contributed by atoms with Crippen LogP contribution in [0.15, 0.2) is 12.1 Å². The Morgan fingerprint density at radius 2 is 2.18 bits per heavy atom. The van der Waals surface area contributed by atoms with Crippen molar-refractivity contribution < 1.29 is 14.6 Å². The Balaban J connectivity index is 2.40. The second kappa shape index (κ2) is 4.22. The molecule has 0 aliphatic heterocycles. The lowest BCUT2D eigenvalue weighted by atomic mass is 9.91. The van der Waals surface area contributed by atoms with E-state index >= 15 is 0 Å². The van der Waals surface area contributed by atoms with Gasteiger partial charge in [0.15, 0.2) is 0 Å². The number of rotatable bonds is 4. The highest BCUT2D eigenvalue weighted by Crippen LogP contribution is 2.52. The molecule has 1 N–H and O–H groups in total. The molecule has 0 amide bonds. The summed E-state index contributed by atoms with van der Waals surface area (Å²) in [5, 5.41) is 9.57. The van der Waals surface area contributed by atoms with Gasteiger partial charge in [0.1, 0.15) is 5.75 Å². The molecule has 1 aromatic rings. The number of carboxylic acids is 1. The third kappa shape index (κ3) is 2.25. The minimum absolute atomic E-state index is 0.162. The maximum Gasteiger partial charge on any atom is 0.304 e. The predicted molar refractivity (Wildman–Crippen MR) is 65.9 cm³/mol. The van der Waals surface area contributed by atoms with Gasteiger partial charge in [-0.1, -0.05) is 11.6 Å². The van der Waals surface area contributed by atoms with Crippen molar-refractivity contribution in [3.8, 4) is 5.75 Å². The first-order chi connectivity index (χ1) is 7.98. The van der Waals surface area contributed by atoms with Crippen molar-refractivity contribution >= 4 is 17.6 Å². The highest BCUT2D eigenvalue weighted by Gasteiger charge is 2.46. The van der Waals surface area contributed by atoms with Crippen LogP contribution in [0, 0.1) is 6.92 Å². The molecule has 1 aliphatic carbocycles. The summed E-state index contributed by atoms with van der Waals surface area (Å²) in [5.41, 5.74) is 1.65. The second-order valence-corrected chi connectivity index (χ2v) is 5.04. The van der Waals surface area contributed by atoms with E-state index in [9.17, 15) is 4.79 Å². The molecule has 0 spiro atoms. The monoisotopic (exact) mass is 254 g/mol. The normalized spacial score (nSPS) is 16.6. The van der Waals surface area contributed by atoms with Gasteiger partial charge in [0.05, 0.1) is 13.5 Å². The van der Waals surface area contributed by atoms with Crippen LogP contribution in [0.2, 0.25) is 5.02 Å². The first-order valence-electron chi connectivity index (χ1n) is 5.55. The van der Waals surface area contributed by atoms with Gasteiger partial charge < -0.3 is 9.84 Å².